The van der Waals surface area contributed by atoms with E-state index in [0.29, 0.717) is 10.7 Å². The average Bonchev–Trinajstić information content (AvgIpc) is 2.48. The molecule has 0 aliphatic carbocycles. The van der Waals surface area contributed by atoms with Gasteiger partial charge in [0.25, 0.3) is 17.3 Å². The standard InChI is InChI=1S/C13H9ClN4O5/c14-7-1-3-8(4-2-7)16-12-10(13(15)19)5-9(17(20)21)6-11(12)18(22)23/h1-6,16H,(H2,15,19). The number of carbonyl (C=O) groups is 1. The monoisotopic (exact) mass is 336 g/mol. The van der Waals surface area contributed by atoms with E-state index in [1.165, 1.54) is 24.3 Å². The zero-order valence-corrected chi connectivity index (χ0v) is 12.1. The zero-order chi connectivity index (χ0) is 17.1. The molecule has 0 saturated heterocycles. The topological polar surface area (TPSA) is 141 Å². The molecule has 0 aromatic heterocycles. The highest BCUT2D eigenvalue weighted by atomic mass is 35.5. The van der Waals surface area contributed by atoms with Crippen LogP contribution in [0.4, 0.5) is 22.7 Å². The number of hydrogen-bond acceptors (Lipinski definition) is 6. The van der Waals surface area contributed by atoms with Gasteiger partial charge in [-0.25, -0.2) is 0 Å². The zero-order valence-electron chi connectivity index (χ0n) is 11.4. The number of primary amides is 1. The molecule has 0 saturated carbocycles. The molecule has 9 nitrogen and oxygen atoms in total. The number of hydrogen-bond donors (Lipinski definition) is 2. The predicted molar refractivity (Wildman–Crippen MR) is 83.0 cm³/mol. The van der Waals surface area contributed by atoms with Crippen LogP contribution in [0.1, 0.15) is 10.4 Å². The van der Waals surface area contributed by atoms with Crippen molar-refractivity contribution in [3.8, 4) is 0 Å². The lowest BCUT2D eigenvalue weighted by atomic mass is 10.1. The van der Waals surface area contributed by atoms with Crippen LogP contribution >= 0.6 is 11.6 Å². The molecule has 0 bridgehead atoms. The summed E-state index contributed by atoms with van der Waals surface area (Å²) in [6.07, 6.45) is 0. The van der Waals surface area contributed by atoms with Gasteiger partial charge in [0.05, 0.1) is 21.5 Å². The first-order chi connectivity index (χ1) is 10.8. The molecular formula is C13H9ClN4O5. The number of halogens is 1. The van der Waals surface area contributed by atoms with Crippen LogP contribution in [-0.4, -0.2) is 15.8 Å². The second-order valence-electron chi connectivity index (χ2n) is 4.40. The Morgan fingerprint density at radius 3 is 2.17 bits per heavy atom. The Bertz CT molecular complexity index is 772. The van der Waals surface area contributed by atoms with Crippen molar-refractivity contribution in [1.29, 1.82) is 0 Å². The number of nitrogens with zero attached hydrogens (tertiary/aromatic N) is 2. The Morgan fingerprint density at radius 1 is 1.09 bits per heavy atom. The van der Waals surface area contributed by atoms with Gasteiger partial charge in [-0.1, -0.05) is 11.6 Å². The molecule has 0 radical (unpaired) electrons. The van der Waals surface area contributed by atoms with Crippen molar-refractivity contribution in [2.24, 2.45) is 5.73 Å². The Balaban J connectivity index is 2.63. The Labute approximate surface area is 134 Å². The highest BCUT2D eigenvalue weighted by Crippen LogP contribution is 2.35. The summed E-state index contributed by atoms with van der Waals surface area (Å²) in [5, 5.41) is 25.2. The number of amides is 1. The number of nitrogens with one attached hydrogen (secondary N) is 1. The SMILES string of the molecule is NC(=O)c1cc([N+](=O)[O-])cc([N+](=O)[O-])c1Nc1ccc(Cl)cc1. The third-order valence-electron chi connectivity index (χ3n) is 2.89. The van der Waals surface area contributed by atoms with Crippen LogP contribution in [0.5, 0.6) is 0 Å². The van der Waals surface area contributed by atoms with Gasteiger partial charge in [-0.05, 0) is 24.3 Å². The van der Waals surface area contributed by atoms with Gasteiger partial charge in [-0.15, -0.1) is 0 Å². The Morgan fingerprint density at radius 2 is 1.70 bits per heavy atom. The van der Waals surface area contributed by atoms with Crippen molar-refractivity contribution >= 4 is 40.3 Å². The first kappa shape index (κ1) is 16.2. The van der Waals surface area contributed by atoms with E-state index in [0.717, 1.165) is 12.1 Å². The maximum Gasteiger partial charge on any atom is 0.300 e. The van der Waals surface area contributed by atoms with Crippen LogP contribution < -0.4 is 11.1 Å². The van der Waals surface area contributed by atoms with Crippen LogP contribution in [0.3, 0.4) is 0 Å². The van der Waals surface area contributed by atoms with E-state index in [4.69, 9.17) is 17.3 Å². The van der Waals surface area contributed by atoms with Gasteiger partial charge in [0, 0.05) is 16.8 Å². The minimum absolute atomic E-state index is 0.226. The largest absolute Gasteiger partial charge is 0.366 e. The molecular weight excluding hydrogens is 328 g/mol. The summed E-state index contributed by atoms with van der Waals surface area (Å²) >= 11 is 5.75. The van der Waals surface area contributed by atoms with Crippen molar-refractivity contribution in [2.75, 3.05) is 5.32 Å². The van der Waals surface area contributed by atoms with E-state index in [9.17, 15) is 25.0 Å². The lowest BCUT2D eigenvalue weighted by Crippen LogP contribution is -2.15. The second-order valence-corrected chi connectivity index (χ2v) is 4.83. The number of anilines is 2. The average molecular weight is 337 g/mol. The third kappa shape index (κ3) is 3.52. The predicted octanol–water partition coefficient (Wildman–Crippen LogP) is 3.00. The van der Waals surface area contributed by atoms with Gasteiger partial charge in [-0.3, -0.25) is 25.0 Å². The smallest absolute Gasteiger partial charge is 0.300 e. The molecule has 1 amide bonds. The molecule has 118 valence electrons. The van der Waals surface area contributed by atoms with Gasteiger partial charge < -0.3 is 11.1 Å². The van der Waals surface area contributed by atoms with Gasteiger partial charge in [0.1, 0.15) is 5.69 Å². The van der Waals surface area contributed by atoms with Crippen LogP contribution in [0.2, 0.25) is 5.02 Å². The molecule has 0 fully saturated rings. The molecule has 0 unspecified atom stereocenters. The number of rotatable bonds is 5. The van der Waals surface area contributed by atoms with E-state index >= 15 is 0 Å². The van der Waals surface area contributed by atoms with Gasteiger partial charge >= 0.3 is 0 Å². The molecule has 0 atom stereocenters. The van der Waals surface area contributed by atoms with Crippen molar-refractivity contribution in [1.82, 2.24) is 0 Å². The number of benzene rings is 2. The van der Waals surface area contributed by atoms with E-state index in [-0.39, 0.29) is 11.3 Å². The number of nitro groups is 2. The molecule has 0 heterocycles. The minimum atomic E-state index is -1.03. The Hall–Kier alpha value is -3.20. The quantitative estimate of drug-likeness (QED) is 0.634. The van der Waals surface area contributed by atoms with E-state index < -0.39 is 27.1 Å². The fraction of sp³-hybridized carbons (Fsp3) is 0. The van der Waals surface area contributed by atoms with Crippen LogP contribution in [0.25, 0.3) is 0 Å². The van der Waals surface area contributed by atoms with Gasteiger partial charge in [-0.2, -0.15) is 0 Å². The molecule has 3 N–H and O–H groups in total. The summed E-state index contributed by atoms with van der Waals surface area (Å²) in [5.74, 6) is -1.03. The second kappa shape index (κ2) is 6.28. The fourth-order valence-electron chi connectivity index (χ4n) is 1.86. The molecule has 2 aromatic carbocycles. The molecule has 10 heteroatoms. The normalized spacial score (nSPS) is 10.1. The lowest BCUT2D eigenvalue weighted by molar-refractivity contribution is -0.393. The van der Waals surface area contributed by atoms with Crippen LogP contribution in [0.15, 0.2) is 36.4 Å². The molecule has 2 rings (SSSR count). The first-order valence-corrected chi connectivity index (χ1v) is 6.46. The van der Waals surface area contributed by atoms with E-state index in [1.807, 2.05) is 0 Å². The molecule has 0 spiro atoms. The summed E-state index contributed by atoms with van der Waals surface area (Å²) in [7, 11) is 0. The van der Waals surface area contributed by atoms with E-state index in [1.54, 1.807) is 0 Å². The molecule has 2 aromatic rings. The summed E-state index contributed by atoms with van der Waals surface area (Å²) in [6.45, 7) is 0. The lowest BCUT2D eigenvalue weighted by Gasteiger charge is -2.10. The van der Waals surface area contributed by atoms with Gasteiger partial charge in [0.2, 0.25) is 0 Å². The van der Waals surface area contributed by atoms with Crippen molar-refractivity contribution in [3.05, 3.63) is 67.2 Å². The highest BCUT2D eigenvalue weighted by Gasteiger charge is 2.26. The summed E-state index contributed by atoms with van der Waals surface area (Å²) in [6, 6.07) is 7.75. The summed E-state index contributed by atoms with van der Waals surface area (Å²) < 4.78 is 0. The number of nitrogens with two attached hydrogens (primary N) is 1. The maximum atomic E-state index is 11.5. The number of non-ortho nitro benzene ring substituents is 1. The van der Waals surface area contributed by atoms with E-state index in [2.05, 4.69) is 5.32 Å². The van der Waals surface area contributed by atoms with Crippen molar-refractivity contribution in [3.63, 3.8) is 0 Å². The summed E-state index contributed by atoms with van der Waals surface area (Å²) in [5.41, 5.74) is 3.75. The molecule has 0 aliphatic rings. The molecule has 23 heavy (non-hydrogen) atoms. The minimum Gasteiger partial charge on any atom is -0.366 e. The van der Waals surface area contributed by atoms with Gasteiger partial charge in [0.15, 0.2) is 0 Å². The first-order valence-electron chi connectivity index (χ1n) is 6.09. The van der Waals surface area contributed by atoms with Crippen LogP contribution in [-0.2, 0) is 0 Å². The number of carbonyl (C=O) groups excluding carboxylic acids is 1. The highest BCUT2D eigenvalue weighted by molar-refractivity contribution is 6.30. The Kier molecular flexibility index (Phi) is 4.42. The summed E-state index contributed by atoms with van der Waals surface area (Å²) in [4.78, 5) is 31.9. The van der Waals surface area contributed by atoms with Crippen molar-refractivity contribution < 1.29 is 14.6 Å². The third-order valence-corrected chi connectivity index (χ3v) is 3.14. The molecule has 0 aliphatic heterocycles. The maximum absolute atomic E-state index is 11.5. The van der Waals surface area contributed by atoms with Crippen LogP contribution in [0, 0.1) is 20.2 Å². The fourth-order valence-corrected chi connectivity index (χ4v) is 1.99. The van der Waals surface area contributed by atoms with Crippen molar-refractivity contribution in [2.45, 2.75) is 0 Å². The number of nitro benzene ring substituents is 2.